The fraction of sp³-hybridized carbons (Fsp3) is 0.767. The van der Waals surface area contributed by atoms with Crippen molar-refractivity contribution in [3.8, 4) is 0 Å². The zero-order valence-corrected chi connectivity index (χ0v) is 31.4. The van der Waals surface area contributed by atoms with Gasteiger partial charge in [-0.2, -0.15) is 0 Å². The van der Waals surface area contributed by atoms with E-state index < -0.39 is 6.09 Å². The lowest BCUT2D eigenvalue weighted by atomic mass is 9.89. The Kier molecular flexibility index (Phi) is 46.2. The van der Waals surface area contributed by atoms with Crippen LogP contribution in [0.1, 0.15) is 178 Å². The maximum atomic E-state index is 10.7. The monoisotopic (exact) mass is 696 g/mol. The lowest BCUT2D eigenvalue weighted by Crippen LogP contribution is -2.25. The van der Waals surface area contributed by atoms with Gasteiger partial charge in [0.25, 0.3) is 0 Å². The number of allylic oxidation sites excluding steroid dienone is 1. The van der Waals surface area contributed by atoms with Crippen molar-refractivity contribution in [1.82, 2.24) is 5.32 Å². The number of ether oxygens (including phenoxy) is 2. The van der Waals surface area contributed by atoms with Crippen molar-refractivity contribution < 1.29 is 24.2 Å². The van der Waals surface area contributed by atoms with Crippen LogP contribution in [0.3, 0.4) is 0 Å². The lowest BCUT2D eigenvalue weighted by Gasteiger charge is -2.17. The molecule has 0 spiro atoms. The molecule has 6 nitrogen and oxygen atoms in total. The highest BCUT2D eigenvalue weighted by Crippen LogP contribution is 2.24. The maximum Gasteiger partial charge on any atom is 0.409 e. The number of alkyl carbamates (subject to hydrolysis) is 1. The molecule has 49 heavy (non-hydrogen) atoms. The quantitative estimate of drug-likeness (QED) is 0.111. The van der Waals surface area contributed by atoms with Gasteiger partial charge in [-0.3, -0.25) is 4.79 Å². The molecule has 0 saturated carbocycles. The number of unbranched alkanes of at least 4 members (excludes halogenated alkanes) is 2. The topological polar surface area (TPSA) is 84.9 Å². The number of aliphatic hydroxyl groups excluding tert-OH is 1. The van der Waals surface area contributed by atoms with Crippen molar-refractivity contribution >= 4 is 18.0 Å². The Hall–Kier alpha value is -2.18. The number of benzene rings is 1. The van der Waals surface area contributed by atoms with Gasteiger partial charge in [-0.15, -0.1) is 0 Å². The molecule has 3 atom stereocenters. The smallest absolute Gasteiger partial charge is 0.409 e. The van der Waals surface area contributed by atoms with Crippen LogP contribution in [0, 0.1) is 17.8 Å². The van der Waals surface area contributed by atoms with E-state index in [4.69, 9.17) is 14.6 Å². The first-order valence-corrected chi connectivity index (χ1v) is 18.4. The predicted octanol–water partition coefficient (Wildman–Crippen LogP) is 12.9. The molecule has 1 aliphatic heterocycles. The Labute approximate surface area is 306 Å². The van der Waals surface area contributed by atoms with Crippen LogP contribution in [0.15, 0.2) is 30.3 Å². The Morgan fingerprint density at radius 1 is 0.857 bits per heavy atom. The Morgan fingerprint density at radius 2 is 1.41 bits per heavy atom. The van der Waals surface area contributed by atoms with E-state index in [-0.39, 0.29) is 34.4 Å². The summed E-state index contributed by atoms with van der Waals surface area (Å²) < 4.78 is 9.83. The van der Waals surface area contributed by atoms with E-state index >= 15 is 0 Å². The minimum absolute atomic E-state index is 0. The molecule has 0 radical (unpaired) electrons. The van der Waals surface area contributed by atoms with Gasteiger partial charge in [-0.05, 0) is 54.7 Å². The van der Waals surface area contributed by atoms with Crippen molar-refractivity contribution in [2.24, 2.45) is 17.8 Å². The summed E-state index contributed by atoms with van der Waals surface area (Å²) in [5.41, 5.74) is 2.44. The molecule has 3 unspecified atom stereocenters. The Bertz CT molecular complexity index is 844. The van der Waals surface area contributed by atoms with E-state index in [9.17, 15) is 9.59 Å². The fourth-order valence-corrected chi connectivity index (χ4v) is 5.37. The molecular weight excluding hydrogens is 610 g/mol. The summed E-state index contributed by atoms with van der Waals surface area (Å²) in [5, 5.41) is 9.35. The zero-order valence-electron chi connectivity index (χ0n) is 31.4. The number of ketones is 1. The molecule has 6 heteroatoms. The summed E-state index contributed by atoms with van der Waals surface area (Å²) in [7, 11) is 2.53. The molecule has 1 heterocycles. The third kappa shape index (κ3) is 34.1. The molecular formula is C43H85NO5. The minimum atomic E-state index is -0.424. The average molecular weight is 696 g/mol. The van der Waals surface area contributed by atoms with Crippen LogP contribution < -0.4 is 5.32 Å². The van der Waals surface area contributed by atoms with Crippen molar-refractivity contribution in [2.75, 3.05) is 20.8 Å². The van der Waals surface area contributed by atoms with Gasteiger partial charge >= 0.3 is 6.09 Å². The van der Waals surface area contributed by atoms with E-state index in [2.05, 4.69) is 59.0 Å². The SMILES string of the molecule is C.C.C.CCC(C)CCCCCC(CC)CCCC(CC)CC.CCCc1ccc(/C=C/C(C)=O)cc1.CNC(=O)OC1CCCO1.CO. The number of aliphatic hydroxyl groups is 1. The third-order valence-corrected chi connectivity index (χ3v) is 8.82. The molecule has 1 aromatic carbocycles. The summed E-state index contributed by atoms with van der Waals surface area (Å²) in [4.78, 5) is 21.3. The third-order valence-electron chi connectivity index (χ3n) is 8.82. The van der Waals surface area contributed by atoms with E-state index in [0.29, 0.717) is 6.61 Å². The number of rotatable bonds is 19. The van der Waals surface area contributed by atoms with Crippen LogP contribution >= 0.6 is 0 Å². The first-order chi connectivity index (χ1) is 22.2. The maximum absolute atomic E-state index is 10.7. The highest BCUT2D eigenvalue weighted by Gasteiger charge is 2.18. The molecule has 1 aliphatic rings. The second-order valence-corrected chi connectivity index (χ2v) is 12.6. The van der Waals surface area contributed by atoms with Crippen molar-refractivity contribution in [3.05, 3.63) is 41.5 Å². The molecule has 1 amide bonds. The highest BCUT2D eigenvalue weighted by atomic mass is 16.7. The van der Waals surface area contributed by atoms with E-state index in [1.807, 2.05) is 18.2 Å². The molecule has 2 N–H and O–H groups in total. The van der Waals surface area contributed by atoms with Gasteiger partial charge < -0.3 is 19.9 Å². The van der Waals surface area contributed by atoms with Gasteiger partial charge in [0.05, 0.1) is 6.61 Å². The lowest BCUT2D eigenvalue weighted by molar-refractivity contribution is -0.112. The number of amides is 1. The van der Waals surface area contributed by atoms with Crippen LogP contribution in [0.25, 0.3) is 6.08 Å². The summed E-state index contributed by atoms with van der Waals surface area (Å²) in [6, 6.07) is 8.32. The van der Waals surface area contributed by atoms with Crippen molar-refractivity contribution in [3.63, 3.8) is 0 Å². The molecule has 2 rings (SSSR count). The number of aryl methyl sites for hydroxylation is 1. The number of carbonyl (C=O) groups excluding carboxylic acids is 2. The molecule has 0 aliphatic carbocycles. The molecule has 1 aromatic rings. The summed E-state index contributed by atoms with van der Waals surface area (Å²) in [6.45, 7) is 16.2. The van der Waals surface area contributed by atoms with Crippen LogP contribution in [0.4, 0.5) is 4.79 Å². The molecule has 0 aromatic heterocycles. The zero-order chi connectivity index (χ0) is 35.0. The number of carbonyl (C=O) groups is 2. The van der Waals surface area contributed by atoms with Gasteiger partial charge in [-0.1, -0.05) is 178 Å². The van der Waals surface area contributed by atoms with Gasteiger partial charge in [0.1, 0.15) is 0 Å². The normalized spacial score (nSPS) is 14.1. The van der Waals surface area contributed by atoms with Crippen LogP contribution in [0.2, 0.25) is 0 Å². The second-order valence-electron chi connectivity index (χ2n) is 12.6. The summed E-state index contributed by atoms with van der Waals surface area (Å²) in [5.74, 6) is 3.02. The second kappa shape index (κ2) is 40.3. The van der Waals surface area contributed by atoms with E-state index in [1.165, 1.54) is 96.1 Å². The van der Waals surface area contributed by atoms with E-state index in [1.54, 1.807) is 13.0 Å². The summed E-state index contributed by atoms with van der Waals surface area (Å²) >= 11 is 0. The number of hydrogen-bond acceptors (Lipinski definition) is 5. The Balaban J connectivity index is -0.000000195. The first-order valence-electron chi connectivity index (χ1n) is 18.4. The van der Waals surface area contributed by atoms with Gasteiger partial charge in [0, 0.05) is 20.6 Å². The van der Waals surface area contributed by atoms with Gasteiger partial charge in [-0.25, -0.2) is 4.79 Å². The average Bonchev–Trinajstić information content (AvgIpc) is 3.59. The standard InChI is InChI=1S/C20H42.C13H16O.C6H11NO3.CH4O.3CH4/c1-6-18(5)14-11-10-12-15-20(9-4)17-13-16-19(7-2)8-3;1-3-4-12-7-9-13(10-8-12)6-5-11(2)14;1-7-6(8)10-5-3-2-4-9-5;1-2;;;/h18-20H,6-17H2,1-5H3;5-10H,3-4H2,1-2H3;5H,2-4H2,1H3,(H,7,8);2H,1H3;3*1H4/b;6-5+;;;;;. The largest absolute Gasteiger partial charge is 0.420 e. The predicted molar refractivity (Wildman–Crippen MR) is 217 cm³/mol. The molecule has 1 saturated heterocycles. The number of nitrogens with one attached hydrogen (secondary N) is 1. The molecule has 0 bridgehead atoms. The molecule has 292 valence electrons. The number of hydrogen-bond donors (Lipinski definition) is 2. The highest BCUT2D eigenvalue weighted by molar-refractivity contribution is 5.91. The van der Waals surface area contributed by atoms with Crippen LogP contribution in [-0.4, -0.2) is 44.0 Å². The van der Waals surface area contributed by atoms with Gasteiger partial charge in [0.2, 0.25) is 6.29 Å². The minimum Gasteiger partial charge on any atom is -0.420 e. The van der Waals surface area contributed by atoms with Gasteiger partial charge in [0.15, 0.2) is 5.78 Å². The summed E-state index contributed by atoms with van der Waals surface area (Å²) in [6.07, 6.45) is 24.0. The van der Waals surface area contributed by atoms with Crippen LogP contribution in [-0.2, 0) is 20.7 Å². The van der Waals surface area contributed by atoms with E-state index in [0.717, 1.165) is 49.7 Å². The van der Waals surface area contributed by atoms with Crippen molar-refractivity contribution in [1.29, 1.82) is 0 Å². The van der Waals surface area contributed by atoms with Crippen molar-refractivity contribution in [2.45, 2.75) is 180 Å². The Morgan fingerprint density at radius 3 is 1.88 bits per heavy atom. The fourth-order valence-electron chi connectivity index (χ4n) is 5.37. The van der Waals surface area contributed by atoms with Crippen LogP contribution in [0.5, 0.6) is 0 Å². The first kappa shape index (κ1) is 56.2. The molecule has 1 fully saturated rings.